The zero-order valence-corrected chi connectivity index (χ0v) is 34.6. The van der Waals surface area contributed by atoms with Gasteiger partial charge in [-0.05, 0) is 101 Å². The number of benzene rings is 4. The second-order valence-corrected chi connectivity index (χ2v) is 14.7. The number of aliphatic hydroxyl groups is 1. The van der Waals surface area contributed by atoms with Gasteiger partial charge in [-0.3, -0.25) is 14.6 Å². The Labute approximate surface area is 359 Å². The number of Topliss-reactive ketones (excluding diaryl/α,β-unsaturated/α-hetero) is 1. The van der Waals surface area contributed by atoms with Crippen molar-refractivity contribution in [3.63, 3.8) is 0 Å². The van der Waals surface area contributed by atoms with Gasteiger partial charge in [-0.25, -0.2) is 9.59 Å². The molecule has 2 fully saturated rings. The lowest BCUT2D eigenvalue weighted by atomic mass is 9.99. The van der Waals surface area contributed by atoms with E-state index in [1.54, 1.807) is 72.6 Å². The van der Waals surface area contributed by atoms with Gasteiger partial charge in [-0.1, -0.05) is 47.5 Å². The summed E-state index contributed by atoms with van der Waals surface area (Å²) in [6, 6.07) is 28.0. The zero-order valence-electron chi connectivity index (χ0n) is 33.1. The Morgan fingerprint density at radius 2 is 1.13 bits per heavy atom. The molecule has 0 unspecified atom stereocenters. The van der Waals surface area contributed by atoms with Crippen molar-refractivity contribution < 1.29 is 38.4 Å². The first kappa shape index (κ1) is 42.5. The van der Waals surface area contributed by atoms with Gasteiger partial charge in [0, 0.05) is 27.8 Å². The van der Waals surface area contributed by atoms with Crippen LogP contribution in [0.2, 0.25) is 10.0 Å². The van der Waals surface area contributed by atoms with E-state index in [0.29, 0.717) is 51.0 Å². The van der Waals surface area contributed by atoms with E-state index in [0.717, 1.165) is 11.1 Å². The van der Waals surface area contributed by atoms with Gasteiger partial charge in [0.1, 0.15) is 54.7 Å². The molecule has 0 bridgehead atoms. The number of ketones is 1. The van der Waals surface area contributed by atoms with Crippen molar-refractivity contribution in [1.29, 1.82) is 0 Å². The van der Waals surface area contributed by atoms with Gasteiger partial charge in [0.25, 0.3) is 0 Å². The smallest absolute Gasteiger partial charge is 0.415 e. The first-order valence-electron chi connectivity index (χ1n) is 19.0. The molecule has 1 N–H and O–H groups in total. The van der Waals surface area contributed by atoms with Crippen LogP contribution in [-0.2, 0) is 40.2 Å². The maximum Gasteiger partial charge on any atom is 0.415 e. The number of amides is 2. The number of ether oxygens (including phenoxy) is 4. The Balaban J connectivity index is 0.000000184. The van der Waals surface area contributed by atoms with Gasteiger partial charge >= 0.3 is 12.2 Å². The number of halogens is 2. The van der Waals surface area contributed by atoms with Crippen molar-refractivity contribution in [2.75, 3.05) is 30.6 Å². The first-order chi connectivity index (χ1) is 29.5. The Hall–Kier alpha value is -6.63. The minimum absolute atomic E-state index is 0.0602. The molecule has 4 heterocycles. The minimum atomic E-state index is -0.602. The van der Waals surface area contributed by atoms with Gasteiger partial charge in [-0.15, -0.1) is 20.4 Å². The zero-order chi connectivity index (χ0) is 43.0. The fourth-order valence-electron chi connectivity index (χ4n) is 6.97. The highest BCUT2D eigenvalue weighted by Gasteiger charge is 2.45. The lowest BCUT2D eigenvalue weighted by Gasteiger charge is -2.25. The molecule has 20 heteroatoms. The van der Waals surface area contributed by atoms with Crippen LogP contribution in [0.25, 0.3) is 0 Å². The SMILES string of the molecule is COc1cccc([C@H]2[C@H](Cn3nnc(CC(C)=O)n3)OC(=O)N2c2ccc(Cl)cc2)c1.COc1cccc([C@H]2[C@H](Cn3nnc(CCO)n3)OC(=O)N2c2ccc(Cl)cc2)c1. The number of anilines is 2. The number of hydrogen-bond donors (Lipinski definition) is 1. The summed E-state index contributed by atoms with van der Waals surface area (Å²) < 4.78 is 22.1. The molecule has 0 saturated carbocycles. The lowest BCUT2D eigenvalue weighted by molar-refractivity contribution is -0.116. The van der Waals surface area contributed by atoms with Crippen molar-refractivity contribution in [3.8, 4) is 11.5 Å². The van der Waals surface area contributed by atoms with Crippen molar-refractivity contribution in [2.24, 2.45) is 0 Å². The Kier molecular flexibility index (Phi) is 13.4. The third-order valence-electron chi connectivity index (χ3n) is 9.66. The number of methoxy groups -OCH3 is 2. The van der Waals surface area contributed by atoms with Gasteiger partial charge in [0.15, 0.2) is 11.6 Å². The number of carbonyl (C=O) groups is 3. The van der Waals surface area contributed by atoms with E-state index in [2.05, 4.69) is 30.8 Å². The molecule has 4 atom stereocenters. The quantitative estimate of drug-likeness (QED) is 0.136. The summed E-state index contributed by atoms with van der Waals surface area (Å²) in [4.78, 5) is 42.9. The Morgan fingerprint density at radius 1 is 0.689 bits per heavy atom. The molecule has 0 aliphatic carbocycles. The normalized spacial score (nSPS) is 18.3. The maximum atomic E-state index is 12.9. The van der Waals surface area contributed by atoms with Crippen LogP contribution in [0.5, 0.6) is 11.5 Å². The average Bonchev–Trinajstić information content (AvgIpc) is 4.04. The molecule has 4 aromatic carbocycles. The molecule has 2 aliphatic rings. The van der Waals surface area contributed by atoms with Crippen LogP contribution in [-0.4, -0.2) is 96.5 Å². The predicted octanol–water partition coefficient (Wildman–Crippen LogP) is 5.87. The van der Waals surface area contributed by atoms with Crippen LogP contribution < -0.4 is 19.3 Å². The number of aromatic nitrogens is 8. The van der Waals surface area contributed by atoms with Crippen molar-refractivity contribution in [1.82, 2.24) is 40.4 Å². The van der Waals surface area contributed by atoms with Gasteiger partial charge < -0.3 is 24.1 Å². The predicted molar refractivity (Wildman–Crippen MR) is 221 cm³/mol. The number of tetrazole rings is 2. The summed E-state index contributed by atoms with van der Waals surface area (Å²) in [6.07, 6.45) is -1.75. The van der Waals surface area contributed by atoms with E-state index >= 15 is 0 Å². The van der Waals surface area contributed by atoms with E-state index < -0.39 is 36.5 Å². The van der Waals surface area contributed by atoms with Crippen LogP contribution in [0, 0.1) is 0 Å². The van der Waals surface area contributed by atoms with Gasteiger partial charge in [0.2, 0.25) is 0 Å². The highest BCUT2D eigenvalue weighted by Crippen LogP contribution is 2.41. The van der Waals surface area contributed by atoms with Crippen LogP contribution in [0.1, 0.15) is 41.8 Å². The lowest BCUT2D eigenvalue weighted by Crippen LogP contribution is -2.31. The number of carbonyl (C=O) groups excluding carboxylic acids is 3. The summed E-state index contributed by atoms with van der Waals surface area (Å²) >= 11 is 12.0. The molecule has 2 aromatic heterocycles. The summed E-state index contributed by atoms with van der Waals surface area (Å²) in [5.74, 6) is 2.02. The molecule has 0 radical (unpaired) electrons. The summed E-state index contributed by atoms with van der Waals surface area (Å²) in [7, 11) is 3.17. The average molecular weight is 872 g/mol. The highest BCUT2D eigenvalue weighted by atomic mass is 35.5. The molecule has 18 nitrogen and oxygen atoms in total. The number of rotatable bonds is 14. The molecular formula is C41H40Cl2N10O8. The summed E-state index contributed by atoms with van der Waals surface area (Å²) in [6.45, 7) is 1.77. The minimum Gasteiger partial charge on any atom is -0.497 e. The largest absolute Gasteiger partial charge is 0.497 e. The number of nitrogens with zero attached hydrogens (tertiary/aromatic N) is 10. The number of aliphatic hydroxyl groups excluding tert-OH is 1. The summed E-state index contributed by atoms with van der Waals surface area (Å²) in [5.41, 5.74) is 2.98. The molecule has 6 aromatic rings. The second kappa shape index (κ2) is 19.2. The van der Waals surface area contributed by atoms with Gasteiger partial charge in [-0.2, -0.15) is 9.59 Å². The fraction of sp³-hybridized carbons (Fsp3) is 0.293. The van der Waals surface area contributed by atoms with Crippen molar-refractivity contribution in [3.05, 3.63) is 130 Å². The maximum absolute atomic E-state index is 12.9. The van der Waals surface area contributed by atoms with Crippen LogP contribution in [0.15, 0.2) is 97.1 Å². The molecule has 0 spiro atoms. The highest BCUT2D eigenvalue weighted by molar-refractivity contribution is 6.31. The second-order valence-electron chi connectivity index (χ2n) is 13.9. The molecule has 2 saturated heterocycles. The first-order valence-corrected chi connectivity index (χ1v) is 19.7. The van der Waals surface area contributed by atoms with E-state index in [1.807, 2.05) is 48.5 Å². The van der Waals surface area contributed by atoms with Crippen LogP contribution >= 0.6 is 23.2 Å². The molecule has 2 amide bonds. The number of hydrogen-bond acceptors (Lipinski definition) is 14. The van der Waals surface area contributed by atoms with Crippen molar-refractivity contribution >= 4 is 52.5 Å². The van der Waals surface area contributed by atoms with Gasteiger partial charge in [0.05, 0.1) is 27.2 Å². The molecule has 2 aliphatic heterocycles. The molecule has 8 rings (SSSR count). The van der Waals surface area contributed by atoms with Crippen LogP contribution in [0.4, 0.5) is 21.0 Å². The Bertz CT molecular complexity index is 2470. The monoisotopic (exact) mass is 870 g/mol. The molecular weight excluding hydrogens is 831 g/mol. The van der Waals surface area contributed by atoms with E-state index in [-0.39, 0.29) is 31.9 Å². The number of cyclic esters (lactones) is 2. The topological polar surface area (TPSA) is 202 Å². The summed E-state index contributed by atoms with van der Waals surface area (Å²) in [5, 5.41) is 34.5. The van der Waals surface area contributed by atoms with E-state index in [1.165, 1.54) is 16.5 Å². The van der Waals surface area contributed by atoms with E-state index in [9.17, 15) is 14.4 Å². The third kappa shape index (κ3) is 10.1. The molecule has 61 heavy (non-hydrogen) atoms. The Morgan fingerprint density at radius 3 is 1.56 bits per heavy atom. The third-order valence-corrected chi connectivity index (χ3v) is 10.2. The molecule has 316 valence electrons. The van der Waals surface area contributed by atoms with E-state index in [4.69, 9.17) is 47.3 Å². The van der Waals surface area contributed by atoms with Crippen molar-refractivity contribution in [2.45, 2.75) is 57.1 Å². The van der Waals surface area contributed by atoms with Crippen LogP contribution in [0.3, 0.4) is 0 Å². The fourth-order valence-corrected chi connectivity index (χ4v) is 7.22. The standard InChI is InChI=1S/C21H20ClN5O4.C20H20ClN5O4/c1-13(28)10-19-23-25-26(24-19)12-18-20(14-4-3-5-17(11-14)30-2)27(21(29)31-18)16-8-6-15(22)7-9-16;1-29-16-4-2-3-13(11-16)19-17(12-25-23-18(9-10-27)22-24-25)30-20(28)26(19)15-7-5-14(21)6-8-15/h3-9,11,18,20H,10,12H2,1-2H3;2-8,11,17,19,27H,9-10,12H2,1H3/t18-,20-;17-,19-/m00/s1.